The molecule has 0 bridgehead atoms. The van der Waals surface area contributed by atoms with Gasteiger partial charge in [0.25, 0.3) is 0 Å². The van der Waals surface area contributed by atoms with E-state index in [1.165, 1.54) is 0 Å². The summed E-state index contributed by atoms with van der Waals surface area (Å²) in [6, 6.07) is 0. The first-order valence-electron chi connectivity index (χ1n) is 3.29. The van der Waals surface area contributed by atoms with Crippen molar-refractivity contribution in [2.24, 2.45) is 10.7 Å². The molecule has 0 rings (SSSR count). The van der Waals surface area contributed by atoms with E-state index in [2.05, 4.69) is 11.6 Å². The summed E-state index contributed by atoms with van der Waals surface area (Å²) in [5.74, 6) is 0. The average Bonchev–Trinajstić information content (AvgIpc) is 2.02. The van der Waals surface area contributed by atoms with Crippen LogP contribution in [-0.2, 0) is 0 Å². The largest absolute Gasteiger partial charge is 0.420 e. The van der Waals surface area contributed by atoms with Gasteiger partial charge in [-0.1, -0.05) is 18.2 Å². The molecule has 0 aromatic heterocycles. The van der Waals surface area contributed by atoms with E-state index in [0.29, 0.717) is 6.20 Å². The highest BCUT2D eigenvalue weighted by Gasteiger charge is 2.36. The first-order valence-corrected chi connectivity index (χ1v) is 4.89. The summed E-state index contributed by atoms with van der Waals surface area (Å²) in [5.41, 5.74) is 3.62. The van der Waals surface area contributed by atoms with Gasteiger partial charge in [0, 0.05) is 6.20 Å². The fraction of sp³-hybridized carbons (Fsp3) is 0.286. The van der Waals surface area contributed by atoms with E-state index in [9.17, 15) is 13.2 Å². The Morgan fingerprint density at radius 3 is 2.36 bits per heavy atom. The van der Waals surface area contributed by atoms with Gasteiger partial charge >= 0.3 is 6.18 Å². The van der Waals surface area contributed by atoms with Crippen LogP contribution >= 0.6 is 23.4 Å². The number of nitrogens with zero attached hydrogens (tertiary/aromatic N) is 1. The van der Waals surface area contributed by atoms with E-state index < -0.39 is 16.9 Å². The number of hydrogen-bond acceptors (Lipinski definition) is 3. The molecule has 0 aromatic rings. The zero-order valence-electron chi connectivity index (χ0n) is 7.23. The number of alkyl halides is 3. The molecule has 0 radical (unpaired) electrons. The number of hydrogen-bond donors (Lipinski definition) is 1. The minimum absolute atomic E-state index is 0.179. The second-order valence-electron chi connectivity index (χ2n) is 2.08. The van der Waals surface area contributed by atoms with Crippen LogP contribution in [0.25, 0.3) is 0 Å². The number of allylic oxidation sites excluding steroid dienone is 1. The third-order valence-electron chi connectivity index (χ3n) is 1.15. The first kappa shape index (κ1) is 13.4. The van der Waals surface area contributed by atoms with Crippen molar-refractivity contribution in [3.05, 3.63) is 23.4 Å². The Morgan fingerprint density at radius 1 is 1.57 bits per heavy atom. The van der Waals surface area contributed by atoms with Crippen LogP contribution in [0, 0.1) is 0 Å². The molecule has 0 amide bonds. The fourth-order valence-electron chi connectivity index (χ4n) is 0.496. The Bertz CT molecular complexity index is 283. The van der Waals surface area contributed by atoms with Gasteiger partial charge in [-0.15, -0.1) is 11.8 Å². The van der Waals surface area contributed by atoms with Crippen LogP contribution in [-0.4, -0.2) is 17.6 Å². The van der Waals surface area contributed by atoms with Gasteiger partial charge in [-0.25, -0.2) is 4.99 Å². The first-order chi connectivity index (χ1) is 6.32. The van der Waals surface area contributed by atoms with Crippen molar-refractivity contribution in [2.45, 2.75) is 6.18 Å². The molecular formula is C7H8ClF3N2S. The van der Waals surface area contributed by atoms with E-state index in [1.807, 2.05) is 0 Å². The van der Waals surface area contributed by atoms with E-state index >= 15 is 0 Å². The summed E-state index contributed by atoms with van der Waals surface area (Å²) in [4.78, 5) is 3.42. The summed E-state index contributed by atoms with van der Waals surface area (Å²) in [6.07, 6.45) is -2.61. The zero-order chi connectivity index (χ0) is 11.4. The number of thioether (sulfide) groups is 1. The number of halogens is 4. The lowest BCUT2D eigenvalue weighted by Gasteiger charge is -2.08. The van der Waals surface area contributed by atoms with Crippen LogP contribution in [0.5, 0.6) is 0 Å². The molecule has 0 unspecified atom stereocenters. The lowest BCUT2D eigenvalue weighted by molar-refractivity contribution is -0.0859. The molecule has 0 atom stereocenters. The zero-order valence-corrected chi connectivity index (χ0v) is 8.80. The second kappa shape index (κ2) is 5.31. The molecule has 7 heteroatoms. The number of nitrogens with two attached hydrogens (primary N) is 1. The van der Waals surface area contributed by atoms with E-state index in [0.717, 1.165) is 11.8 Å². The van der Waals surface area contributed by atoms with Gasteiger partial charge in [0.05, 0.1) is 5.03 Å². The molecule has 0 aliphatic heterocycles. The van der Waals surface area contributed by atoms with Crippen LogP contribution in [0.3, 0.4) is 0 Å². The maximum Gasteiger partial charge on any atom is 0.420 e. The van der Waals surface area contributed by atoms with Gasteiger partial charge in [0.15, 0.2) is 0 Å². The Hall–Kier alpha value is -0.620. The number of aliphatic imine (C=N–C) groups is 1. The Balaban J connectivity index is 4.92. The Morgan fingerprint density at radius 2 is 2.07 bits per heavy atom. The standard InChI is InChI=1S/C7H8ClF3N2S/c1-4(14-2)13-6(8)5(3-12)7(9,10)11/h3H,1,12H2,2H3/b5-3+,13-6?. The highest BCUT2D eigenvalue weighted by Crippen LogP contribution is 2.28. The summed E-state index contributed by atoms with van der Waals surface area (Å²) in [5, 5.41) is -0.530. The van der Waals surface area contributed by atoms with E-state index in [4.69, 9.17) is 17.3 Å². The van der Waals surface area contributed by atoms with Crippen molar-refractivity contribution in [3.63, 3.8) is 0 Å². The summed E-state index contributed by atoms with van der Waals surface area (Å²) >= 11 is 6.40. The average molecular weight is 245 g/mol. The summed E-state index contributed by atoms with van der Waals surface area (Å²) in [7, 11) is 0. The molecule has 0 aliphatic carbocycles. The smallest absolute Gasteiger partial charge is 0.404 e. The third-order valence-corrected chi connectivity index (χ3v) is 2.00. The summed E-state index contributed by atoms with van der Waals surface area (Å²) in [6.45, 7) is 3.37. The van der Waals surface area contributed by atoms with Crippen LogP contribution < -0.4 is 5.73 Å². The minimum atomic E-state index is -4.60. The maximum atomic E-state index is 12.2. The van der Waals surface area contributed by atoms with Gasteiger partial charge in [-0.3, -0.25) is 0 Å². The quantitative estimate of drug-likeness (QED) is 0.776. The van der Waals surface area contributed by atoms with Gasteiger partial charge in [-0.05, 0) is 6.26 Å². The lowest BCUT2D eigenvalue weighted by Crippen LogP contribution is -2.18. The van der Waals surface area contributed by atoms with Crippen LogP contribution in [0.2, 0.25) is 0 Å². The number of rotatable bonds is 3. The fourth-order valence-corrected chi connectivity index (χ4v) is 1.00. The minimum Gasteiger partial charge on any atom is -0.404 e. The van der Waals surface area contributed by atoms with Crippen molar-refractivity contribution in [1.82, 2.24) is 0 Å². The van der Waals surface area contributed by atoms with Gasteiger partial charge in [0.2, 0.25) is 0 Å². The van der Waals surface area contributed by atoms with Gasteiger partial charge in [-0.2, -0.15) is 13.2 Å². The molecule has 2 nitrogen and oxygen atoms in total. The molecule has 0 aliphatic rings. The Labute approximate surface area is 88.7 Å². The molecular weight excluding hydrogens is 237 g/mol. The van der Waals surface area contributed by atoms with Crippen molar-refractivity contribution >= 4 is 28.5 Å². The maximum absolute atomic E-state index is 12.2. The molecule has 0 heterocycles. The SMILES string of the molecule is C=C(N=C(Cl)/C(=C\N)C(F)(F)F)SC. The second-order valence-corrected chi connectivity index (χ2v) is 3.32. The molecule has 0 saturated heterocycles. The highest BCUT2D eigenvalue weighted by atomic mass is 35.5. The van der Waals surface area contributed by atoms with E-state index in [-0.39, 0.29) is 5.03 Å². The molecule has 0 aromatic carbocycles. The van der Waals surface area contributed by atoms with Crippen LogP contribution in [0.1, 0.15) is 0 Å². The molecule has 80 valence electrons. The highest BCUT2D eigenvalue weighted by molar-refractivity contribution is 8.02. The van der Waals surface area contributed by atoms with Crippen molar-refractivity contribution in [3.8, 4) is 0 Å². The van der Waals surface area contributed by atoms with Gasteiger partial charge in [0.1, 0.15) is 10.7 Å². The lowest BCUT2D eigenvalue weighted by atomic mass is 10.3. The third kappa shape index (κ3) is 4.06. The van der Waals surface area contributed by atoms with Gasteiger partial charge < -0.3 is 5.73 Å². The molecule has 0 spiro atoms. The molecule has 0 saturated carbocycles. The van der Waals surface area contributed by atoms with Crippen LogP contribution in [0.15, 0.2) is 28.4 Å². The normalized spacial score (nSPS) is 14.4. The van der Waals surface area contributed by atoms with E-state index in [1.54, 1.807) is 6.26 Å². The van der Waals surface area contributed by atoms with Crippen LogP contribution in [0.4, 0.5) is 13.2 Å². The predicted molar refractivity (Wildman–Crippen MR) is 54.3 cm³/mol. The van der Waals surface area contributed by atoms with Crippen molar-refractivity contribution < 1.29 is 13.2 Å². The molecule has 14 heavy (non-hydrogen) atoms. The predicted octanol–water partition coefficient (Wildman–Crippen LogP) is 2.86. The Kier molecular flexibility index (Phi) is 5.07. The molecule has 2 N–H and O–H groups in total. The summed E-state index contributed by atoms with van der Waals surface area (Å²) < 4.78 is 36.5. The topological polar surface area (TPSA) is 38.4 Å². The monoisotopic (exact) mass is 244 g/mol. The molecule has 0 fully saturated rings. The van der Waals surface area contributed by atoms with Crippen molar-refractivity contribution in [1.29, 1.82) is 0 Å². The van der Waals surface area contributed by atoms with Crippen molar-refractivity contribution in [2.75, 3.05) is 6.26 Å².